The number of guanidine groups is 1. The average Bonchev–Trinajstić information content (AvgIpc) is 3.22. The maximum absolute atomic E-state index is 12.1. The molecule has 31 heavy (non-hydrogen) atoms. The Labute approximate surface area is 205 Å². The number of carbonyl (C=O) groups is 1. The van der Waals surface area contributed by atoms with Crippen LogP contribution in [0.3, 0.4) is 0 Å². The molecule has 1 aromatic rings. The Hall–Kier alpha value is -1.51. The summed E-state index contributed by atoms with van der Waals surface area (Å²) in [6.45, 7) is 9.87. The number of benzene rings is 1. The van der Waals surface area contributed by atoms with Gasteiger partial charge in [-0.3, -0.25) is 9.79 Å². The standard InChI is InChI=1S/C24H39N5O.HI/c1-3-25-24(26-14-10-18-29-17-6-4-5-13-23(29)30)27-20(2)21-11-9-12-22(19-21)28-15-7-8-16-28;/h9,11-12,19-20H,3-8,10,13-18H2,1-2H3,(H2,25,26,27);1H. The fourth-order valence-electron chi connectivity index (χ4n) is 4.30. The number of likely N-dealkylation sites (tertiary alicyclic amines) is 1. The number of carbonyl (C=O) groups excluding carboxylic acids is 1. The molecule has 0 aromatic heterocycles. The highest BCUT2D eigenvalue weighted by Gasteiger charge is 2.16. The molecule has 1 aromatic carbocycles. The molecular weight excluding hydrogens is 501 g/mol. The van der Waals surface area contributed by atoms with Crippen LogP contribution in [0, 0.1) is 0 Å². The van der Waals surface area contributed by atoms with Crippen LogP contribution in [0.15, 0.2) is 29.3 Å². The second-order valence-corrected chi connectivity index (χ2v) is 8.46. The molecule has 2 fully saturated rings. The molecule has 174 valence electrons. The van der Waals surface area contributed by atoms with Crippen molar-refractivity contribution in [1.29, 1.82) is 0 Å². The fourth-order valence-corrected chi connectivity index (χ4v) is 4.30. The van der Waals surface area contributed by atoms with Gasteiger partial charge in [-0.25, -0.2) is 0 Å². The van der Waals surface area contributed by atoms with Gasteiger partial charge in [0.1, 0.15) is 0 Å². The van der Waals surface area contributed by atoms with Gasteiger partial charge in [0, 0.05) is 51.4 Å². The summed E-state index contributed by atoms with van der Waals surface area (Å²) in [5.74, 6) is 1.16. The van der Waals surface area contributed by atoms with E-state index in [1.807, 2.05) is 4.90 Å². The van der Waals surface area contributed by atoms with Crippen LogP contribution in [0.25, 0.3) is 0 Å². The second-order valence-electron chi connectivity index (χ2n) is 8.46. The number of halogens is 1. The molecule has 0 aliphatic carbocycles. The average molecular weight is 542 g/mol. The van der Waals surface area contributed by atoms with Gasteiger partial charge in [-0.1, -0.05) is 18.6 Å². The quantitative estimate of drug-likeness (QED) is 0.223. The lowest BCUT2D eigenvalue weighted by molar-refractivity contribution is -0.130. The van der Waals surface area contributed by atoms with Gasteiger partial charge in [-0.05, 0) is 63.6 Å². The second kappa shape index (κ2) is 13.8. The first-order chi connectivity index (χ1) is 14.7. The van der Waals surface area contributed by atoms with Crippen molar-refractivity contribution >= 4 is 41.5 Å². The van der Waals surface area contributed by atoms with Crippen molar-refractivity contribution in [2.24, 2.45) is 4.99 Å². The number of nitrogens with zero attached hydrogens (tertiary/aromatic N) is 3. The van der Waals surface area contributed by atoms with E-state index < -0.39 is 0 Å². The number of hydrogen-bond donors (Lipinski definition) is 2. The smallest absolute Gasteiger partial charge is 0.222 e. The van der Waals surface area contributed by atoms with Crippen molar-refractivity contribution in [3.8, 4) is 0 Å². The summed E-state index contributed by atoms with van der Waals surface area (Å²) >= 11 is 0. The molecule has 2 N–H and O–H groups in total. The molecular formula is C24H40IN5O. The van der Waals surface area contributed by atoms with Gasteiger partial charge < -0.3 is 20.4 Å². The molecule has 6 nitrogen and oxygen atoms in total. The van der Waals surface area contributed by atoms with E-state index in [2.05, 4.69) is 53.6 Å². The van der Waals surface area contributed by atoms with Gasteiger partial charge in [-0.2, -0.15) is 0 Å². The molecule has 2 aliphatic heterocycles. The first kappa shape index (κ1) is 25.7. The van der Waals surface area contributed by atoms with E-state index in [4.69, 9.17) is 4.99 Å². The molecule has 2 heterocycles. The van der Waals surface area contributed by atoms with Crippen LogP contribution in [0.4, 0.5) is 5.69 Å². The molecule has 0 radical (unpaired) electrons. The zero-order chi connectivity index (χ0) is 21.2. The Kier molecular flexibility index (Phi) is 11.5. The number of anilines is 1. The molecule has 2 saturated heterocycles. The summed E-state index contributed by atoms with van der Waals surface area (Å²) in [4.78, 5) is 21.4. The Morgan fingerprint density at radius 1 is 1.13 bits per heavy atom. The van der Waals surface area contributed by atoms with Crippen molar-refractivity contribution in [2.45, 2.75) is 64.8 Å². The number of rotatable bonds is 8. The minimum absolute atomic E-state index is 0. The van der Waals surface area contributed by atoms with E-state index in [0.29, 0.717) is 12.3 Å². The molecule has 0 spiro atoms. The van der Waals surface area contributed by atoms with Crippen molar-refractivity contribution < 1.29 is 4.79 Å². The lowest BCUT2D eigenvalue weighted by atomic mass is 10.1. The minimum Gasteiger partial charge on any atom is -0.372 e. The highest BCUT2D eigenvalue weighted by Crippen LogP contribution is 2.24. The molecule has 1 unspecified atom stereocenters. The van der Waals surface area contributed by atoms with Crippen LogP contribution in [0.5, 0.6) is 0 Å². The van der Waals surface area contributed by atoms with Crippen LogP contribution in [-0.2, 0) is 4.79 Å². The predicted molar refractivity (Wildman–Crippen MR) is 140 cm³/mol. The Morgan fingerprint density at radius 3 is 2.68 bits per heavy atom. The van der Waals surface area contributed by atoms with Gasteiger partial charge in [-0.15, -0.1) is 24.0 Å². The maximum Gasteiger partial charge on any atom is 0.222 e. The van der Waals surface area contributed by atoms with Crippen molar-refractivity contribution in [2.75, 3.05) is 44.2 Å². The minimum atomic E-state index is 0. The summed E-state index contributed by atoms with van der Waals surface area (Å²) in [6, 6.07) is 9.04. The summed E-state index contributed by atoms with van der Waals surface area (Å²) in [5, 5.41) is 6.91. The lowest BCUT2D eigenvalue weighted by Crippen LogP contribution is -2.39. The predicted octanol–water partition coefficient (Wildman–Crippen LogP) is 4.31. The number of aliphatic imine (C=N–C) groups is 1. The zero-order valence-corrected chi connectivity index (χ0v) is 21.6. The molecule has 0 saturated carbocycles. The highest BCUT2D eigenvalue weighted by atomic mass is 127. The molecule has 1 amide bonds. The Morgan fingerprint density at radius 2 is 1.90 bits per heavy atom. The molecule has 2 aliphatic rings. The van der Waals surface area contributed by atoms with Gasteiger partial charge in [0.05, 0.1) is 6.04 Å². The van der Waals surface area contributed by atoms with Crippen LogP contribution < -0.4 is 15.5 Å². The fraction of sp³-hybridized carbons (Fsp3) is 0.667. The van der Waals surface area contributed by atoms with E-state index in [0.717, 1.165) is 64.5 Å². The van der Waals surface area contributed by atoms with Crippen LogP contribution in [0.1, 0.15) is 70.4 Å². The number of nitrogens with one attached hydrogen (secondary N) is 2. The summed E-state index contributed by atoms with van der Waals surface area (Å²) in [5.41, 5.74) is 2.60. The SMILES string of the molecule is CCNC(=NCCCN1CCCCCC1=O)NC(C)c1cccc(N2CCCC2)c1.I. The van der Waals surface area contributed by atoms with Crippen LogP contribution >= 0.6 is 24.0 Å². The Bertz CT molecular complexity index is 705. The van der Waals surface area contributed by atoms with Gasteiger partial charge in [0.15, 0.2) is 5.96 Å². The third-order valence-electron chi connectivity index (χ3n) is 6.07. The maximum atomic E-state index is 12.1. The zero-order valence-electron chi connectivity index (χ0n) is 19.2. The van der Waals surface area contributed by atoms with Gasteiger partial charge in [0.25, 0.3) is 0 Å². The molecule has 7 heteroatoms. The normalized spacial score (nSPS) is 18.4. The Balaban J connectivity index is 0.00000341. The third kappa shape index (κ3) is 8.16. The molecule has 3 rings (SSSR count). The van der Waals surface area contributed by atoms with E-state index in [9.17, 15) is 4.79 Å². The van der Waals surface area contributed by atoms with Gasteiger partial charge >= 0.3 is 0 Å². The monoisotopic (exact) mass is 541 g/mol. The first-order valence-electron chi connectivity index (χ1n) is 11.8. The number of hydrogen-bond acceptors (Lipinski definition) is 3. The van der Waals surface area contributed by atoms with Crippen molar-refractivity contribution in [3.05, 3.63) is 29.8 Å². The highest BCUT2D eigenvalue weighted by molar-refractivity contribution is 14.0. The third-order valence-corrected chi connectivity index (χ3v) is 6.07. The molecule has 0 bridgehead atoms. The van der Waals surface area contributed by atoms with Crippen LogP contribution in [0.2, 0.25) is 0 Å². The topological polar surface area (TPSA) is 60.0 Å². The van der Waals surface area contributed by atoms with E-state index in [1.165, 1.54) is 30.5 Å². The largest absolute Gasteiger partial charge is 0.372 e. The van der Waals surface area contributed by atoms with E-state index in [-0.39, 0.29) is 30.0 Å². The molecule has 1 atom stereocenters. The van der Waals surface area contributed by atoms with Crippen molar-refractivity contribution in [1.82, 2.24) is 15.5 Å². The number of amides is 1. The van der Waals surface area contributed by atoms with E-state index in [1.54, 1.807) is 0 Å². The summed E-state index contributed by atoms with van der Waals surface area (Å²) in [7, 11) is 0. The van der Waals surface area contributed by atoms with Crippen LogP contribution in [-0.4, -0.2) is 56.0 Å². The summed E-state index contributed by atoms with van der Waals surface area (Å²) in [6.07, 6.45) is 7.54. The van der Waals surface area contributed by atoms with Crippen molar-refractivity contribution in [3.63, 3.8) is 0 Å². The van der Waals surface area contributed by atoms with E-state index >= 15 is 0 Å². The first-order valence-corrected chi connectivity index (χ1v) is 11.8. The summed E-state index contributed by atoms with van der Waals surface area (Å²) < 4.78 is 0. The lowest BCUT2D eigenvalue weighted by Gasteiger charge is -2.22. The van der Waals surface area contributed by atoms with Gasteiger partial charge in [0.2, 0.25) is 5.91 Å².